The Hall–Kier alpha value is -2.47. The Labute approximate surface area is 209 Å². The molecule has 1 amide bonds. The molecule has 1 aliphatic rings. The van der Waals surface area contributed by atoms with Crippen molar-refractivity contribution >= 4 is 44.9 Å². The summed E-state index contributed by atoms with van der Waals surface area (Å²) < 4.78 is 34.2. The summed E-state index contributed by atoms with van der Waals surface area (Å²) in [5.74, 6) is -1.62. The molecule has 1 aliphatic heterocycles. The largest absolute Gasteiger partial charge is 0.480 e. The van der Waals surface area contributed by atoms with E-state index in [0.29, 0.717) is 38.2 Å². The minimum Gasteiger partial charge on any atom is -0.480 e. The lowest BCUT2D eigenvalue weighted by Gasteiger charge is -2.37. The van der Waals surface area contributed by atoms with Gasteiger partial charge < -0.3 is 19.5 Å². The van der Waals surface area contributed by atoms with Gasteiger partial charge in [-0.2, -0.15) is 0 Å². The molecule has 184 valence electrons. The molecular weight excluding hydrogens is 528 g/mol. The summed E-state index contributed by atoms with van der Waals surface area (Å²) in [6.07, 6.45) is 0.246. The van der Waals surface area contributed by atoms with Crippen LogP contribution in [0.1, 0.15) is 12.8 Å². The highest BCUT2D eigenvalue weighted by Crippen LogP contribution is 2.31. The topological polar surface area (TPSA) is 117 Å². The van der Waals surface area contributed by atoms with Crippen LogP contribution >= 0.6 is 15.9 Å². The highest BCUT2D eigenvalue weighted by molar-refractivity contribution is 9.10. The van der Waals surface area contributed by atoms with Crippen molar-refractivity contribution in [1.29, 1.82) is 0 Å². The summed E-state index contributed by atoms with van der Waals surface area (Å²) in [4.78, 5) is 25.9. The van der Waals surface area contributed by atoms with Crippen molar-refractivity contribution in [1.82, 2.24) is 4.90 Å². The maximum absolute atomic E-state index is 12.3. The molecule has 1 heterocycles. The first-order chi connectivity index (χ1) is 16.3. The smallest absolute Gasteiger partial charge is 0.409 e. The lowest BCUT2D eigenvalue weighted by molar-refractivity contribution is -0.140. The Morgan fingerprint density at radius 1 is 1.09 bits per heavy atom. The summed E-state index contributed by atoms with van der Waals surface area (Å²) in [7, 11) is 1.51. The number of rotatable bonds is 9. The van der Waals surface area contributed by atoms with Gasteiger partial charge in [0.05, 0.1) is 12.3 Å². The van der Waals surface area contributed by atoms with Gasteiger partial charge in [-0.25, -0.2) is 13.8 Å². The van der Waals surface area contributed by atoms with Gasteiger partial charge in [0, 0.05) is 24.7 Å². The molecule has 11 heteroatoms. The zero-order valence-electron chi connectivity index (χ0n) is 18.6. The number of ether oxygens (including phenoxy) is 2. The first-order valence-electron chi connectivity index (χ1n) is 10.7. The third-order valence-electron chi connectivity index (χ3n) is 5.73. The number of benzene rings is 2. The summed E-state index contributed by atoms with van der Waals surface area (Å²) in [5, 5.41) is 9.97. The number of carboxylic acids is 1. The average Bonchev–Trinajstić information content (AvgIpc) is 2.83. The minimum atomic E-state index is -2.56. The van der Waals surface area contributed by atoms with E-state index in [2.05, 4.69) is 15.9 Å². The van der Waals surface area contributed by atoms with Crippen LogP contribution in [0.4, 0.5) is 10.5 Å². The number of carboxylic acid groups (broad SMARTS) is 1. The first-order valence-corrected chi connectivity index (χ1v) is 12.6. The van der Waals surface area contributed by atoms with Gasteiger partial charge in [0.2, 0.25) is 0 Å². The number of anilines is 1. The van der Waals surface area contributed by atoms with E-state index in [1.807, 2.05) is 24.3 Å². The molecule has 34 heavy (non-hydrogen) atoms. The fourth-order valence-electron chi connectivity index (χ4n) is 3.99. The number of halogens is 1. The number of piperidine rings is 1. The number of nitrogens with zero attached hydrogens (tertiary/aromatic N) is 2. The molecule has 9 nitrogen and oxygen atoms in total. The third kappa shape index (κ3) is 6.56. The van der Waals surface area contributed by atoms with Crippen LogP contribution in [-0.2, 0) is 25.5 Å². The van der Waals surface area contributed by atoms with E-state index in [4.69, 9.17) is 9.47 Å². The number of aliphatic carboxylic acids is 1. The van der Waals surface area contributed by atoms with E-state index in [0.717, 1.165) is 19.9 Å². The summed E-state index contributed by atoms with van der Waals surface area (Å²) in [5.41, 5.74) is 2.19. The number of amides is 1. The van der Waals surface area contributed by atoms with Gasteiger partial charge in [-0.15, -0.1) is 0 Å². The zero-order valence-corrected chi connectivity index (χ0v) is 21.0. The fourth-order valence-corrected chi connectivity index (χ4v) is 5.01. The van der Waals surface area contributed by atoms with E-state index < -0.39 is 35.3 Å². The average molecular weight is 555 g/mol. The van der Waals surface area contributed by atoms with Crippen LogP contribution in [0, 0.1) is 5.92 Å². The summed E-state index contributed by atoms with van der Waals surface area (Å²) in [6, 6.07) is 13.3. The van der Waals surface area contributed by atoms with Crippen LogP contribution in [-0.4, -0.2) is 70.3 Å². The van der Waals surface area contributed by atoms with E-state index in [-0.39, 0.29) is 6.61 Å². The van der Waals surface area contributed by atoms with Crippen LogP contribution < -0.4 is 4.31 Å². The molecule has 2 N–H and O–H groups in total. The van der Waals surface area contributed by atoms with E-state index in [1.54, 1.807) is 24.3 Å². The molecule has 1 fully saturated rings. The second-order valence-corrected chi connectivity index (χ2v) is 9.60. The van der Waals surface area contributed by atoms with Gasteiger partial charge in [-0.1, -0.05) is 40.2 Å². The SMILES string of the molecule is COCCOC(=O)N1CCC(C(C(=O)O)N(c2ccc(-c3ccc(Br)cc3)cc2)S(=O)O)CC1. The molecule has 2 atom stereocenters. The molecule has 0 bridgehead atoms. The molecule has 0 aromatic heterocycles. The molecule has 0 aliphatic carbocycles. The fraction of sp³-hybridized carbons (Fsp3) is 0.391. The maximum Gasteiger partial charge on any atom is 0.409 e. The molecule has 0 saturated carbocycles. The van der Waals surface area contributed by atoms with Crippen LogP contribution in [0.2, 0.25) is 0 Å². The quantitative estimate of drug-likeness (QED) is 0.355. The van der Waals surface area contributed by atoms with Gasteiger partial charge in [-0.3, -0.25) is 8.86 Å². The second-order valence-electron chi connectivity index (χ2n) is 7.83. The molecule has 2 aromatic carbocycles. The van der Waals surface area contributed by atoms with Crippen molar-refractivity contribution in [2.45, 2.75) is 18.9 Å². The van der Waals surface area contributed by atoms with Crippen molar-refractivity contribution in [3.8, 4) is 11.1 Å². The van der Waals surface area contributed by atoms with Crippen LogP contribution in [0.25, 0.3) is 11.1 Å². The van der Waals surface area contributed by atoms with Crippen molar-refractivity contribution in [3.63, 3.8) is 0 Å². The maximum atomic E-state index is 12.3. The first kappa shape index (κ1) is 26.1. The lowest BCUT2D eigenvalue weighted by atomic mass is 9.89. The summed E-state index contributed by atoms with van der Waals surface area (Å²) in [6.45, 7) is 1.03. The Balaban J connectivity index is 1.74. The van der Waals surface area contributed by atoms with E-state index in [9.17, 15) is 23.5 Å². The Morgan fingerprint density at radius 3 is 2.15 bits per heavy atom. The Bertz CT molecular complexity index is 995. The van der Waals surface area contributed by atoms with Gasteiger partial charge in [0.15, 0.2) is 0 Å². The second kappa shape index (κ2) is 12.3. The van der Waals surface area contributed by atoms with Crippen molar-refractivity contribution in [2.75, 3.05) is 37.7 Å². The molecule has 0 radical (unpaired) electrons. The molecule has 2 unspecified atom stereocenters. The number of likely N-dealkylation sites (tertiary alicyclic amines) is 1. The predicted molar refractivity (Wildman–Crippen MR) is 132 cm³/mol. The third-order valence-corrected chi connectivity index (χ3v) is 7.03. The standard InChI is InChI=1S/C23H27BrN2O7S/c1-32-14-15-33-23(29)25-12-10-18(11-13-25)21(22(27)28)26(34(30)31)20-8-4-17(5-9-20)16-2-6-19(24)7-3-16/h2-9,18,21H,10-15H2,1H3,(H,27,28)(H,30,31). The van der Waals surface area contributed by atoms with Gasteiger partial charge in [0.1, 0.15) is 12.6 Å². The molecule has 3 rings (SSSR count). The van der Waals surface area contributed by atoms with Crippen molar-refractivity contribution < 1.29 is 32.9 Å². The van der Waals surface area contributed by atoms with Crippen molar-refractivity contribution in [3.05, 3.63) is 53.0 Å². The van der Waals surface area contributed by atoms with Gasteiger partial charge >= 0.3 is 12.1 Å². The number of hydrogen-bond acceptors (Lipinski definition) is 5. The number of carbonyl (C=O) groups excluding carboxylic acids is 1. The predicted octanol–water partition coefficient (Wildman–Crippen LogP) is 4.01. The van der Waals surface area contributed by atoms with Crippen LogP contribution in [0.5, 0.6) is 0 Å². The number of carbonyl (C=O) groups is 2. The molecule has 2 aromatic rings. The van der Waals surface area contributed by atoms with Gasteiger partial charge in [0.25, 0.3) is 11.3 Å². The number of hydrogen-bond donors (Lipinski definition) is 2. The normalized spacial score (nSPS) is 16.0. The highest BCUT2D eigenvalue weighted by atomic mass is 79.9. The van der Waals surface area contributed by atoms with E-state index >= 15 is 0 Å². The molecule has 1 saturated heterocycles. The van der Waals surface area contributed by atoms with E-state index in [1.165, 1.54) is 12.0 Å². The van der Waals surface area contributed by atoms with Gasteiger partial charge in [-0.05, 0) is 54.2 Å². The lowest BCUT2D eigenvalue weighted by Crippen LogP contribution is -2.51. The Morgan fingerprint density at radius 2 is 1.65 bits per heavy atom. The molecular formula is C23H27BrN2O7S. The van der Waals surface area contributed by atoms with Crippen LogP contribution in [0.3, 0.4) is 0 Å². The minimum absolute atomic E-state index is 0.139. The molecule has 0 spiro atoms. The monoisotopic (exact) mass is 554 g/mol. The number of methoxy groups -OCH3 is 1. The zero-order chi connectivity index (χ0) is 24.7. The van der Waals surface area contributed by atoms with Crippen LogP contribution in [0.15, 0.2) is 53.0 Å². The van der Waals surface area contributed by atoms with Crippen molar-refractivity contribution in [2.24, 2.45) is 5.92 Å². The highest BCUT2D eigenvalue weighted by Gasteiger charge is 2.39. The summed E-state index contributed by atoms with van der Waals surface area (Å²) >= 11 is 0.843. The Kier molecular flexibility index (Phi) is 9.45.